The first-order valence-corrected chi connectivity index (χ1v) is 9.13. The fourth-order valence-corrected chi connectivity index (χ4v) is 3.52. The van der Waals surface area contributed by atoms with E-state index in [9.17, 15) is 14.7 Å². The van der Waals surface area contributed by atoms with Gasteiger partial charge in [0.1, 0.15) is 0 Å². The minimum atomic E-state index is -0.875. The molecule has 0 aliphatic carbocycles. The number of aliphatic carboxylic acids is 1. The molecule has 2 atom stereocenters. The highest BCUT2D eigenvalue weighted by atomic mass is 16.4. The topological polar surface area (TPSA) is 73.7 Å². The third kappa shape index (κ3) is 4.45. The van der Waals surface area contributed by atoms with Gasteiger partial charge in [0.15, 0.2) is 0 Å². The minimum Gasteiger partial charge on any atom is -0.481 e. The number of hydrogen-bond acceptors (Lipinski definition) is 4. The molecule has 1 aromatic heterocycles. The Labute approximate surface area is 159 Å². The molecule has 0 saturated carbocycles. The molecule has 1 N–H and O–H groups in total. The Kier molecular flexibility index (Phi) is 5.74. The molecule has 1 aromatic carbocycles. The predicted octanol–water partition coefficient (Wildman–Crippen LogP) is 2.41. The molecular weight excluding hydrogens is 342 g/mol. The Bertz CT molecular complexity index is 790. The van der Waals surface area contributed by atoms with Crippen molar-refractivity contribution in [2.24, 2.45) is 5.92 Å². The highest BCUT2D eigenvalue weighted by Crippen LogP contribution is 2.32. The second-order valence-corrected chi connectivity index (χ2v) is 7.17. The van der Waals surface area contributed by atoms with E-state index < -0.39 is 11.9 Å². The molecule has 2 aromatic rings. The number of rotatable bonds is 6. The van der Waals surface area contributed by atoms with Crippen LogP contribution in [0.2, 0.25) is 0 Å². The average molecular weight is 367 g/mol. The number of amides is 1. The maximum atomic E-state index is 12.6. The van der Waals surface area contributed by atoms with Crippen LogP contribution in [0.5, 0.6) is 0 Å². The van der Waals surface area contributed by atoms with Gasteiger partial charge in [0.05, 0.1) is 5.92 Å². The summed E-state index contributed by atoms with van der Waals surface area (Å²) in [5.41, 5.74) is 2.95. The van der Waals surface area contributed by atoms with Crippen LogP contribution in [0, 0.1) is 5.92 Å². The Morgan fingerprint density at radius 1 is 1.15 bits per heavy atom. The van der Waals surface area contributed by atoms with Crippen molar-refractivity contribution < 1.29 is 14.7 Å². The van der Waals surface area contributed by atoms with Crippen molar-refractivity contribution in [1.82, 2.24) is 9.88 Å². The van der Waals surface area contributed by atoms with Gasteiger partial charge in [-0.2, -0.15) is 0 Å². The Balaban J connectivity index is 1.62. The number of pyridine rings is 1. The van der Waals surface area contributed by atoms with E-state index in [1.165, 1.54) is 0 Å². The molecule has 2 heterocycles. The SMILES string of the molecule is CN(C)c1ccc(CCC(=O)N2C[C@H](C(=O)O)[C@@H](c3ccccn3)C2)cc1. The maximum Gasteiger partial charge on any atom is 0.309 e. The molecule has 1 amide bonds. The third-order valence-electron chi connectivity index (χ3n) is 5.14. The van der Waals surface area contributed by atoms with E-state index in [-0.39, 0.29) is 18.4 Å². The zero-order chi connectivity index (χ0) is 19.4. The molecule has 1 aliphatic rings. The summed E-state index contributed by atoms with van der Waals surface area (Å²) in [6.07, 6.45) is 2.69. The molecule has 1 fully saturated rings. The first-order valence-electron chi connectivity index (χ1n) is 9.13. The van der Waals surface area contributed by atoms with Crippen molar-refractivity contribution in [3.8, 4) is 0 Å². The highest BCUT2D eigenvalue weighted by molar-refractivity contribution is 5.79. The maximum absolute atomic E-state index is 12.6. The minimum absolute atomic E-state index is 0.00336. The number of carboxylic acids is 1. The van der Waals surface area contributed by atoms with Gasteiger partial charge in [-0.3, -0.25) is 14.6 Å². The fourth-order valence-electron chi connectivity index (χ4n) is 3.52. The monoisotopic (exact) mass is 367 g/mol. The molecule has 0 spiro atoms. The van der Waals surface area contributed by atoms with Crippen LogP contribution < -0.4 is 4.90 Å². The lowest BCUT2D eigenvalue weighted by molar-refractivity contribution is -0.141. The van der Waals surface area contributed by atoms with E-state index in [1.807, 2.05) is 55.4 Å². The molecule has 0 radical (unpaired) electrons. The van der Waals surface area contributed by atoms with Crippen LogP contribution in [0.15, 0.2) is 48.7 Å². The predicted molar refractivity (Wildman–Crippen MR) is 104 cm³/mol. The van der Waals surface area contributed by atoms with Crippen molar-refractivity contribution in [2.45, 2.75) is 18.8 Å². The van der Waals surface area contributed by atoms with Crippen LogP contribution in [0.4, 0.5) is 5.69 Å². The van der Waals surface area contributed by atoms with Gasteiger partial charge in [-0.1, -0.05) is 18.2 Å². The van der Waals surface area contributed by atoms with Gasteiger partial charge >= 0.3 is 5.97 Å². The highest BCUT2D eigenvalue weighted by Gasteiger charge is 2.40. The van der Waals surface area contributed by atoms with E-state index in [0.29, 0.717) is 19.4 Å². The van der Waals surface area contributed by atoms with Crippen LogP contribution in [-0.4, -0.2) is 54.1 Å². The zero-order valence-electron chi connectivity index (χ0n) is 15.7. The molecular formula is C21H25N3O3. The van der Waals surface area contributed by atoms with E-state index in [1.54, 1.807) is 17.2 Å². The molecule has 6 heteroatoms. The van der Waals surface area contributed by atoms with Gasteiger partial charge in [0.25, 0.3) is 0 Å². The van der Waals surface area contributed by atoms with Gasteiger partial charge < -0.3 is 14.9 Å². The van der Waals surface area contributed by atoms with Crippen molar-refractivity contribution >= 4 is 17.6 Å². The normalized spacial score (nSPS) is 19.1. The summed E-state index contributed by atoms with van der Waals surface area (Å²) in [4.78, 5) is 32.3. The smallest absolute Gasteiger partial charge is 0.309 e. The Morgan fingerprint density at radius 2 is 1.89 bits per heavy atom. The molecule has 3 rings (SSSR count). The standard InChI is InChI=1S/C21H25N3O3/c1-23(2)16-9-6-15(7-10-16)8-11-20(25)24-13-17(18(14-24)21(26)27)19-5-3-4-12-22-19/h3-7,9-10,12,17-18H,8,11,13-14H2,1-2H3,(H,26,27)/t17-,18-/m0/s1. The lowest BCUT2D eigenvalue weighted by Crippen LogP contribution is -2.30. The number of carbonyl (C=O) groups excluding carboxylic acids is 1. The van der Waals surface area contributed by atoms with Gasteiger partial charge in [0, 0.05) is 57.1 Å². The summed E-state index contributed by atoms with van der Waals surface area (Å²) in [6.45, 7) is 0.654. The fraction of sp³-hybridized carbons (Fsp3) is 0.381. The van der Waals surface area contributed by atoms with Crippen LogP contribution in [0.1, 0.15) is 23.6 Å². The van der Waals surface area contributed by atoms with E-state index in [4.69, 9.17) is 0 Å². The number of anilines is 1. The van der Waals surface area contributed by atoms with Crippen LogP contribution in [0.25, 0.3) is 0 Å². The number of aromatic nitrogens is 1. The lowest BCUT2D eigenvalue weighted by atomic mass is 9.93. The second kappa shape index (κ2) is 8.20. The van der Waals surface area contributed by atoms with Gasteiger partial charge in [0.2, 0.25) is 5.91 Å². The summed E-state index contributed by atoms with van der Waals surface area (Å²) in [6, 6.07) is 13.6. The third-order valence-corrected chi connectivity index (χ3v) is 5.14. The summed E-state index contributed by atoms with van der Waals surface area (Å²) in [5, 5.41) is 9.55. The summed E-state index contributed by atoms with van der Waals surface area (Å²) in [7, 11) is 3.98. The van der Waals surface area contributed by atoms with Crippen molar-refractivity contribution in [2.75, 3.05) is 32.1 Å². The van der Waals surface area contributed by atoms with E-state index in [0.717, 1.165) is 16.9 Å². The van der Waals surface area contributed by atoms with Gasteiger partial charge in [-0.25, -0.2) is 0 Å². The number of benzene rings is 1. The van der Waals surface area contributed by atoms with Gasteiger partial charge in [-0.15, -0.1) is 0 Å². The van der Waals surface area contributed by atoms with Crippen molar-refractivity contribution in [3.05, 3.63) is 59.9 Å². The van der Waals surface area contributed by atoms with E-state index in [2.05, 4.69) is 4.98 Å². The zero-order valence-corrected chi connectivity index (χ0v) is 15.7. The molecule has 0 bridgehead atoms. The average Bonchev–Trinajstić information content (AvgIpc) is 3.13. The number of nitrogens with zero attached hydrogens (tertiary/aromatic N) is 3. The van der Waals surface area contributed by atoms with Crippen molar-refractivity contribution in [3.63, 3.8) is 0 Å². The van der Waals surface area contributed by atoms with Crippen LogP contribution >= 0.6 is 0 Å². The molecule has 1 aliphatic heterocycles. The molecule has 27 heavy (non-hydrogen) atoms. The molecule has 142 valence electrons. The van der Waals surface area contributed by atoms with E-state index >= 15 is 0 Å². The largest absolute Gasteiger partial charge is 0.481 e. The molecule has 6 nitrogen and oxygen atoms in total. The number of hydrogen-bond donors (Lipinski definition) is 1. The number of aryl methyl sites for hydroxylation is 1. The Hall–Kier alpha value is -2.89. The van der Waals surface area contributed by atoms with Crippen LogP contribution in [0.3, 0.4) is 0 Å². The summed E-state index contributed by atoms with van der Waals surface area (Å²) < 4.78 is 0. The van der Waals surface area contributed by atoms with Gasteiger partial charge in [-0.05, 0) is 36.2 Å². The Morgan fingerprint density at radius 3 is 2.48 bits per heavy atom. The van der Waals surface area contributed by atoms with Crippen molar-refractivity contribution in [1.29, 1.82) is 0 Å². The summed E-state index contributed by atoms with van der Waals surface area (Å²) in [5.74, 6) is -1.74. The number of carbonyl (C=O) groups is 2. The number of likely N-dealkylation sites (tertiary alicyclic amines) is 1. The first kappa shape index (κ1) is 18.9. The second-order valence-electron chi connectivity index (χ2n) is 7.17. The molecule has 0 unspecified atom stereocenters. The lowest BCUT2D eigenvalue weighted by Gasteiger charge is -2.16. The first-order chi connectivity index (χ1) is 13.0. The number of carboxylic acid groups (broad SMARTS) is 1. The van der Waals surface area contributed by atoms with Crippen LogP contribution in [-0.2, 0) is 16.0 Å². The summed E-state index contributed by atoms with van der Waals surface area (Å²) >= 11 is 0. The quantitative estimate of drug-likeness (QED) is 0.849. The molecule has 1 saturated heterocycles.